The molecule has 0 aromatic heterocycles. The number of nitrogens with zero attached hydrogens (tertiary/aromatic N) is 1. The first kappa shape index (κ1) is 15.1. The molecule has 0 aliphatic carbocycles. The molecular formula is C17H26BrN. The molecular weight excluding hydrogens is 298 g/mol. The number of benzene rings is 1. The zero-order chi connectivity index (χ0) is 13.9. The fourth-order valence-corrected chi connectivity index (χ4v) is 3.32. The van der Waals surface area contributed by atoms with E-state index in [1.807, 2.05) is 0 Å². The van der Waals surface area contributed by atoms with Gasteiger partial charge in [-0.15, -0.1) is 0 Å². The van der Waals surface area contributed by atoms with Gasteiger partial charge in [0, 0.05) is 18.4 Å². The number of rotatable bonds is 3. The third-order valence-corrected chi connectivity index (χ3v) is 4.96. The number of piperidine rings is 1. The predicted molar refractivity (Wildman–Crippen MR) is 86.9 cm³/mol. The van der Waals surface area contributed by atoms with Crippen LogP contribution in [0.4, 0.5) is 0 Å². The van der Waals surface area contributed by atoms with Gasteiger partial charge >= 0.3 is 0 Å². The molecule has 1 atom stereocenters. The molecule has 2 heteroatoms. The summed E-state index contributed by atoms with van der Waals surface area (Å²) < 4.78 is 0. The van der Waals surface area contributed by atoms with Crippen LogP contribution in [0.15, 0.2) is 24.3 Å². The first-order chi connectivity index (χ1) is 8.99. The Balaban J connectivity index is 1.96. The SMILES string of the molecule is CC(C)(C)c1ccc(CN2CCCC(CBr)C2)cc1. The van der Waals surface area contributed by atoms with E-state index in [-0.39, 0.29) is 5.41 Å². The van der Waals surface area contributed by atoms with Crippen LogP contribution in [0, 0.1) is 5.92 Å². The summed E-state index contributed by atoms with van der Waals surface area (Å²) in [6.07, 6.45) is 2.72. The van der Waals surface area contributed by atoms with Gasteiger partial charge in [-0.05, 0) is 41.8 Å². The molecule has 1 heterocycles. The number of alkyl halides is 1. The van der Waals surface area contributed by atoms with E-state index in [0.717, 1.165) is 17.8 Å². The minimum atomic E-state index is 0.255. The van der Waals surface area contributed by atoms with Gasteiger partial charge in [-0.25, -0.2) is 0 Å². The van der Waals surface area contributed by atoms with E-state index in [1.54, 1.807) is 0 Å². The standard InChI is InChI=1S/C17H26BrN/c1-17(2,3)16-8-6-14(7-9-16)12-19-10-4-5-15(11-18)13-19/h6-9,15H,4-5,10-13H2,1-3H3. The largest absolute Gasteiger partial charge is 0.299 e. The molecule has 0 saturated carbocycles. The lowest BCUT2D eigenvalue weighted by Gasteiger charge is -2.32. The van der Waals surface area contributed by atoms with Crippen molar-refractivity contribution in [1.29, 1.82) is 0 Å². The van der Waals surface area contributed by atoms with Crippen LogP contribution in [0.2, 0.25) is 0 Å². The molecule has 1 unspecified atom stereocenters. The Hall–Kier alpha value is -0.340. The van der Waals surface area contributed by atoms with Crippen molar-refractivity contribution < 1.29 is 0 Å². The summed E-state index contributed by atoms with van der Waals surface area (Å²) in [4.78, 5) is 2.60. The van der Waals surface area contributed by atoms with E-state index in [0.29, 0.717) is 0 Å². The highest BCUT2D eigenvalue weighted by Gasteiger charge is 2.19. The number of hydrogen-bond acceptors (Lipinski definition) is 1. The zero-order valence-corrected chi connectivity index (χ0v) is 14.0. The predicted octanol–water partition coefficient (Wildman–Crippen LogP) is 4.59. The van der Waals surface area contributed by atoms with Crippen LogP contribution in [0.1, 0.15) is 44.7 Å². The second-order valence-corrected chi connectivity index (χ2v) is 7.49. The van der Waals surface area contributed by atoms with Crippen LogP contribution in [-0.4, -0.2) is 23.3 Å². The van der Waals surface area contributed by atoms with E-state index >= 15 is 0 Å². The molecule has 0 N–H and O–H groups in total. The second-order valence-electron chi connectivity index (χ2n) is 6.84. The minimum absolute atomic E-state index is 0.255. The summed E-state index contributed by atoms with van der Waals surface area (Å²) in [6.45, 7) is 10.4. The van der Waals surface area contributed by atoms with Crippen molar-refractivity contribution in [2.45, 2.75) is 45.6 Å². The highest BCUT2D eigenvalue weighted by molar-refractivity contribution is 9.09. The quantitative estimate of drug-likeness (QED) is 0.735. The van der Waals surface area contributed by atoms with Crippen molar-refractivity contribution >= 4 is 15.9 Å². The lowest BCUT2D eigenvalue weighted by Crippen LogP contribution is -2.35. The summed E-state index contributed by atoms with van der Waals surface area (Å²) in [5.74, 6) is 0.836. The Labute approximate surface area is 126 Å². The molecule has 0 radical (unpaired) electrons. The first-order valence-corrected chi connectivity index (χ1v) is 8.49. The van der Waals surface area contributed by atoms with Crippen molar-refractivity contribution in [2.24, 2.45) is 5.92 Å². The zero-order valence-electron chi connectivity index (χ0n) is 12.5. The van der Waals surface area contributed by atoms with E-state index in [9.17, 15) is 0 Å². The monoisotopic (exact) mass is 323 g/mol. The molecule has 106 valence electrons. The Morgan fingerprint density at radius 2 is 1.89 bits per heavy atom. The van der Waals surface area contributed by atoms with E-state index < -0.39 is 0 Å². The summed E-state index contributed by atoms with van der Waals surface area (Å²) in [6, 6.07) is 9.19. The molecule has 1 aliphatic rings. The highest BCUT2D eigenvalue weighted by atomic mass is 79.9. The Kier molecular flexibility index (Phi) is 5.08. The summed E-state index contributed by atoms with van der Waals surface area (Å²) in [5.41, 5.74) is 3.13. The van der Waals surface area contributed by atoms with Gasteiger partial charge in [0.05, 0.1) is 0 Å². The van der Waals surface area contributed by atoms with Gasteiger partial charge in [-0.3, -0.25) is 4.90 Å². The van der Waals surface area contributed by atoms with Crippen molar-refractivity contribution in [3.63, 3.8) is 0 Å². The Bertz CT molecular complexity index is 391. The van der Waals surface area contributed by atoms with Gasteiger partial charge in [-0.2, -0.15) is 0 Å². The molecule has 0 bridgehead atoms. The third kappa shape index (κ3) is 4.32. The lowest BCUT2D eigenvalue weighted by atomic mass is 9.86. The van der Waals surface area contributed by atoms with Crippen LogP contribution < -0.4 is 0 Å². The van der Waals surface area contributed by atoms with Gasteiger partial charge in [0.2, 0.25) is 0 Å². The van der Waals surface area contributed by atoms with Crippen LogP contribution in [0.25, 0.3) is 0 Å². The van der Waals surface area contributed by atoms with Gasteiger partial charge in [0.15, 0.2) is 0 Å². The van der Waals surface area contributed by atoms with E-state index in [4.69, 9.17) is 0 Å². The van der Waals surface area contributed by atoms with E-state index in [1.165, 1.54) is 37.1 Å². The smallest absolute Gasteiger partial charge is 0.0233 e. The molecule has 1 aromatic rings. The molecule has 1 aliphatic heterocycles. The second kappa shape index (κ2) is 6.41. The van der Waals surface area contributed by atoms with E-state index in [2.05, 4.69) is 65.9 Å². The van der Waals surface area contributed by atoms with Crippen LogP contribution in [0.5, 0.6) is 0 Å². The lowest BCUT2D eigenvalue weighted by molar-refractivity contribution is 0.179. The topological polar surface area (TPSA) is 3.24 Å². The van der Waals surface area contributed by atoms with Crippen molar-refractivity contribution in [2.75, 3.05) is 18.4 Å². The molecule has 19 heavy (non-hydrogen) atoms. The molecule has 1 aromatic carbocycles. The molecule has 0 spiro atoms. The van der Waals surface area contributed by atoms with Gasteiger partial charge in [0.1, 0.15) is 0 Å². The summed E-state index contributed by atoms with van der Waals surface area (Å²) in [7, 11) is 0. The number of halogens is 1. The molecule has 0 amide bonds. The summed E-state index contributed by atoms with van der Waals surface area (Å²) in [5, 5.41) is 1.15. The average Bonchev–Trinajstić information content (AvgIpc) is 2.38. The molecule has 1 fully saturated rings. The maximum absolute atomic E-state index is 3.63. The van der Waals surface area contributed by atoms with Crippen molar-refractivity contribution in [1.82, 2.24) is 4.90 Å². The first-order valence-electron chi connectivity index (χ1n) is 7.37. The minimum Gasteiger partial charge on any atom is -0.299 e. The normalized spacial score (nSPS) is 21.6. The highest BCUT2D eigenvalue weighted by Crippen LogP contribution is 2.24. The Morgan fingerprint density at radius 3 is 2.47 bits per heavy atom. The van der Waals surface area contributed by atoms with Crippen molar-refractivity contribution in [3.8, 4) is 0 Å². The average molecular weight is 324 g/mol. The van der Waals surface area contributed by atoms with Gasteiger partial charge in [0.25, 0.3) is 0 Å². The van der Waals surface area contributed by atoms with Crippen molar-refractivity contribution in [3.05, 3.63) is 35.4 Å². The molecule has 1 saturated heterocycles. The summed E-state index contributed by atoms with van der Waals surface area (Å²) >= 11 is 3.63. The number of hydrogen-bond donors (Lipinski definition) is 0. The van der Waals surface area contributed by atoms with Gasteiger partial charge < -0.3 is 0 Å². The van der Waals surface area contributed by atoms with Crippen LogP contribution in [0.3, 0.4) is 0 Å². The third-order valence-electron chi connectivity index (χ3n) is 4.05. The van der Waals surface area contributed by atoms with Crippen LogP contribution >= 0.6 is 15.9 Å². The maximum Gasteiger partial charge on any atom is 0.0233 e. The molecule has 2 rings (SSSR count). The fourth-order valence-electron chi connectivity index (χ4n) is 2.79. The van der Waals surface area contributed by atoms with Crippen LogP contribution in [-0.2, 0) is 12.0 Å². The molecule has 1 nitrogen and oxygen atoms in total. The van der Waals surface area contributed by atoms with Gasteiger partial charge in [-0.1, -0.05) is 61.0 Å². The number of likely N-dealkylation sites (tertiary alicyclic amines) is 1. The Morgan fingerprint density at radius 1 is 1.21 bits per heavy atom. The maximum atomic E-state index is 3.63. The fraction of sp³-hybridized carbons (Fsp3) is 0.647.